The third kappa shape index (κ3) is 5.91. The number of hydrogen-bond donors (Lipinski definition) is 1. The van der Waals surface area contributed by atoms with Crippen LogP contribution in [0.25, 0.3) is 22.2 Å². The van der Waals surface area contributed by atoms with Crippen molar-refractivity contribution in [1.82, 2.24) is 19.4 Å². The third-order valence-corrected chi connectivity index (χ3v) is 7.57. The van der Waals surface area contributed by atoms with Crippen molar-refractivity contribution in [3.63, 3.8) is 0 Å². The highest BCUT2D eigenvalue weighted by Crippen LogP contribution is 2.28. The molecule has 0 aliphatic rings. The van der Waals surface area contributed by atoms with Crippen molar-refractivity contribution < 1.29 is 9.53 Å². The van der Waals surface area contributed by atoms with Crippen LogP contribution in [0.4, 0.5) is 0 Å². The number of nitrogens with zero attached hydrogens (tertiary/aromatic N) is 3. The molecule has 2 heterocycles. The van der Waals surface area contributed by atoms with Crippen molar-refractivity contribution in [2.45, 2.75) is 25.2 Å². The largest absolute Gasteiger partial charge is 0.497 e. The summed E-state index contributed by atoms with van der Waals surface area (Å²) in [6.45, 7) is 3.43. The van der Waals surface area contributed by atoms with Crippen LogP contribution in [-0.2, 0) is 17.9 Å². The zero-order valence-electron chi connectivity index (χ0n) is 22.0. The van der Waals surface area contributed by atoms with Gasteiger partial charge in [0.25, 0.3) is 5.56 Å². The Hall–Kier alpha value is -4.30. The molecule has 2 aromatic heterocycles. The standard InChI is InChI=1S/C31H30N4O3S/c1-3-34(19-22-10-6-4-7-11-22)27(36)21-39-31-33-28-26(24-12-8-5-9-13-24)18-32-29(28)30(37)35(31)20-23-14-16-25(38-2)17-15-23/h4-18,32H,3,19-21H2,1-2H3. The number of methoxy groups -OCH3 is 1. The topological polar surface area (TPSA) is 80.2 Å². The molecule has 0 fully saturated rings. The van der Waals surface area contributed by atoms with Gasteiger partial charge in [0, 0.05) is 24.8 Å². The van der Waals surface area contributed by atoms with Crippen LogP contribution in [0.15, 0.2) is 101 Å². The van der Waals surface area contributed by atoms with Gasteiger partial charge in [0.05, 0.1) is 19.4 Å². The maximum Gasteiger partial charge on any atom is 0.278 e. The first-order valence-electron chi connectivity index (χ1n) is 12.8. The summed E-state index contributed by atoms with van der Waals surface area (Å²) in [6, 6.07) is 27.4. The molecular formula is C31H30N4O3S. The first-order valence-corrected chi connectivity index (χ1v) is 13.8. The van der Waals surface area contributed by atoms with Crippen LogP contribution in [0.2, 0.25) is 0 Å². The number of amides is 1. The monoisotopic (exact) mass is 538 g/mol. The molecule has 0 aliphatic carbocycles. The van der Waals surface area contributed by atoms with Gasteiger partial charge in [-0.1, -0.05) is 84.6 Å². The van der Waals surface area contributed by atoms with Gasteiger partial charge in [-0.2, -0.15) is 0 Å². The lowest BCUT2D eigenvalue weighted by atomic mass is 10.1. The Kier molecular flexibility index (Phi) is 8.13. The van der Waals surface area contributed by atoms with Crippen molar-refractivity contribution in [2.24, 2.45) is 0 Å². The molecule has 1 amide bonds. The van der Waals surface area contributed by atoms with Crippen LogP contribution in [0.3, 0.4) is 0 Å². The zero-order valence-corrected chi connectivity index (χ0v) is 22.8. The highest BCUT2D eigenvalue weighted by Gasteiger charge is 2.19. The Morgan fingerprint density at radius 1 is 0.974 bits per heavy atom. The predicted molar refractivity (Wildman–Crippen MR) is 156 cm³/mol. The molecule has 0 spiro atoms. The van der Waals surface area contributed by atoms with Crippen LogP contribution in [-0.4, -0.2) is 44.7 Å². The average molecular weight is 539 g/mol. The van der Waals surface area contributed by atoms with Gasteiger partial charge in [-0.3, -0.25) is 14.2 Å². The Morgan fingerprint density at radius 2 is 1.67 bits per heavy atom. The molecule has 7 nitrogen and oxygen atoms in total. The van der Waals surface area contributed by atoms with Gasteiger partial charge in [-0.15, -0.1) is 0 Å². The molecule has 0 bridgehead atoms. The predicted octanol–water partition coefficient (Wildman–Crippen LogP) is 5.59. The van der Waals surface area contributed by atoms with Crippen LogP contribution in [0, 0.1) is 0 Å². The zero-order chi connectivity index (χ0) is 27.2. The lowest BCUT2D eigenvalue weighted by Gasteiger charge is -2.21. The van der Waals surface area contributed by atoms with Gasteiger partial charge in [-0.05, 0) is 35.7 Å². The molecule has 3 aromatic carbocycles. The van der Waals surface area contributed by atoms with E-state index < -0.39 is 0 Å². The first-order chi connectivity index (χ1) is 19.1. The second-order valence-corrected chi connectivity index (χ2v) is 10.1. The van der Waals surface area contributed by atoms with Crippen molar-refractivity contribution >= 4 is 28.7 Å². The normalized spacial score (nSPS) is 11.0. The summed E-state index contributed by atoms with van der Waals surface area (Å²) in [6.07, 6.45) is 1.82. The molecule has 198 valence electrons. The molecule has 5 rings (SSSR count). The SMILES string of the molecule is CCN(Cc1ccccc1)C(=O)CSc1nc2c(-c3ccccc3)c[nH]c2c(=O)n1Cc1ccc(OC)cc1. The fourth-order valence-electron chi connectivity index (χ4n) is 4.47. The fourth-order valence-corrected chi connectivity index (χ4v) is 5.37. The smallest absolute Gasteiger partial charge is 0.278 e. The number of H-pyrrole nitrogens is 1. The number of nitrogens with one attached hydrogen (secondary N) is 1. The fraction of sp³-hybridized carbons (Fsp3) is 0.194. The summed E-state index contributed by atoms with van der Waals surface area (Å²) in [5.41, 5.74) is 4.70. The van der Waals surface area contributed by atoms with Gasteiger partial charge in [0.15, 0.2) is 5.16 Å². The minimum absolute atomic E-state index is 0.00551. The molecule has 39 heavy (non-hydrogen) atoms. The Balaban J connectivity index is 1.49. The van der Waals surface area contributed by atoms with E-state index in [9.17, 15) is 9.59 Å². The van der Waals surface area contributed by atoms with Crippen LogP contribution in [0.1, 0.15) is 18.1 Å². The number of rotatable bonds is 10. The number of aromatic amines is 1. The van der Waals surface area contributed by atoms with Crippen molar-refractivity contribution in [3.05, 3.63) is 113 Å². The van der Waals surface area contributed by atoms with Gasteiger partial charge >= 0.3 is 0 Å². The summed E-state index contributed by atoms with van der Waals surface area (Å²) < 4.78 is 6.92. The number of benzene rings is 3. The van der Waals surface area contributed by atoms with E-state index >= 15 is 0 Å². The molecule has 0 atom stereocenters. The Morgan fingerprint density at radius 3 is 2.33 bits per heavy atom. The Labute approximate surface area is 231 Å². The second kappa shape index (κ2) is 12.0. The maximum absolute atomic E-state index is 13.8. The molecule has 1 N–H and O–H groups in total. The number of carbonyl (C=O) groups excluding carboxylic acids is 1. The van der Waals surface area contributed by atoms with E-state index in [0.717, 1.165) is 28.0 Å². The summed E-state index contributed by atoms with van der Waals surface area (Å²) in [7, 11) is 1.62. The van der Waals surface area contributed by atoms with Gasteiger partial charge in [0.1, 0.15) is 16.8 Å². The Bertz CT molecular complexity index is 1610. The average Bonchev–Trinajstić information content (AvgIpc) is 3.42. The molecule has 0 saturated heterocycles. The van der Waals surface area contributed by atoms with E-state index in [1.807, 2.05) is 103 Å². The minimum atomic E-state index is -0.176. The first kappa shape index (κ1) is 26.3. The van der Waals surface area contributed by atoms with Crippen LogP contribution in [0.5, 0.6) is 5.75 Å². The molecule has 0 aliphatic heterocycles. The number of aromatic nitrogens is 3. The number of thioether (sulfide) groups is 1. The molecule has 0 saturated carbocycles. The van der Waals surface area contributed by atoms with E-state index in [1.54, 1.807) is 11.7 Å². The van der Waals surface area contributed by atoms with Crippen LogP contribution < -0.4 is 10.3 Å². The summed E-state index contributed by atoms with van der Waals surface area (Å²) in [5, 5.41) is 0.504. The number of ether oxygens (including phenoxy) is 1. The van der Waals surface area contributed by atoms with Crippen molar-refractivity contribution in [1.29, 1.82) is 0 Å². The van der Waals surface area contributed by atoms with E-state index in [4.69, 9.17) is 9.72 Å². The lowest BCUT2D eigenvalue weighted by molar-refractivity contribution is -0.128. The van der Waals surface area contributed by atoms with E-state index in [-0.39, 0.29) is 17.2 Å². The molecule has 8 heteroatoms. The van der Waals surface area contributed by atoms with Gasteiger partial charge in [-0.25, -0.2) is 4.98 Å². The van der Waals surface area contributed by atoms with Gasteiger partial charge < -0.3 is 14.6 Å². The summed E-state index contributed by atoms with van der Waals surface area (Å²) in [5.74, 6) is 0.913. The number of carbonyl (C=O) groups is 1. The number of fused-ring (bicyclic) bond motifs is 1. The van der Waals surface area contributed by atoms with E-state index in [2.05, 4.69) is 4.98 Å². The third-order valence-electron chi connectivity index (χ3n) is 6.61. The van der Waals surface area contributed by atoms with Crippen molar-refractivity contribution in [3.8, 4) is 16.9 Å². The molecule has 5 aromatic rings. The van der Waals surface area contributed by atoms with Crippen LogP contribution >= 0.6 is 11.8 Å². The highest BCUT2D eigenvalue weighted by molar-refractivity contribution is 7.99. The van der Waals surface area contributed by atoms with E-state index in [1.165, 1.54) is 11.8 Å². The highest BCUT2D eigenvalue weighted by atomic mass is 32.2. The van der Waals surface area contributed by atoms with Crippen molar-refractivity contribution in [2.75, 3.05) is 19.4 Å². The molecule has 0 radical (unpaired) electrons. The second-order valence-electron chi connectivity index (χ2n) is 9.11. The minimum Gasteiger partial charge on any atom is -0.497 e. The quantitative estimate of drug-likeness (QED) is 0.185. The molecular weight excluding hydrogens is 508 g/mol. The number of hydrogen-bond acceptors (Lipinski definition) is 5. The maximum atomic E-state index is 13.8. The summed E-state index contributed by atoms with van der Waals surface area (Å²) >= 11 is 1.29. The van der Waals surface area contributed by atoms with Gasteiger partial charge in [0.2, 0.25) is 5.91 Å². The summed E-state index contributed by atoms with van der Waals surface area (Å²) in [4.78, 5) is 36.9. The lowest BCUT2D eigenvalue weighted by Crippen LogP contribution is -2.32. The van der Waals surface area contributed by atoms with E-state index in [0.29, 0.717) is 35.8 Å². The molecule has 0 unspecified atom stereocenters.